The van der Waals surface area contributed by atoms with Gasteiger partial charge in [-0.15, -0.1) is 0 Å². The number of imidazole rings is 1. The molecule has 68 valence electrons. The molecule has 2 heterocycles. The minimum absolute atomic E-state index is 0.794. The van der Waals surface area contributed by atoms with Gasteiger partial charge in [0.25, 0.3) is 0 Å². The van der Waals surface area contributed by atoms with E-state index >= 15 is 0 Å². The summed E-state index contributed by atoms with van der Waals surface area (Å²) in [5.41, 5.74) is 1.89. The van der Waals surface area contributed by atoms with Crippen LogP contribution < -0.4 is 0 Å². The summed E-state index contributed by atoms with van der Waals surface area (Å²) in [6, 6.07) is 7.99. The Kier molecular flexibility index (Phi) is 1.41. The highest BCUT2D eigenvalue weighted by atomic mass is 15.1. The van der Waals surface area contributed by atoms with E-state index in [4.69, 9.17) is 0 Å². The molecule has 3 aromatic rings. The average Bonchev–Trinajstić information content (AvgIpc) is 2.85. The summed E-state index contributed by atoms with van der Waals surface area (Å²) in [5.74, 6) is 0.794. The number of aromatic amines is 2. The molecule has 2 aromatic heterocycles. The van der Waals surface area contributed by atoms with Crippen molar-refractivity contribution >= 4 is 10.9 Å². The number of rotatable bonds is 1. The SMILES string of the molecule is c1ccc2c(-c3ncc[nH]3)n[nH]c2c1. The molecule has 0 atom stereocenters. The van der Waals surface area contributed by atoms with E-state index < -0.39 is 0 Å². The molecule has 0 amide bonds. The number of hydrogen-bond donors (Lipinski definition) is 2. The normalized spacial score (nSPS) is 10.9. The second-order valence-corrected chi connectivity index (χ2v) is 3.06. The smallest absolute Gasteiger partial charge is 0.158 e. The average molecular weight is 184 g/mol. The molecule has 0 fully saturated rings. The van der Waals surface area contributed by atoms with Crippen molar-refractivity contribution in [1.82, 2.24) is 20.2 Å². The molecule has 4 nitrogen and oxygen atoms in total. The van der Waals surface area contributed by atoms with Crippen LogP contribution in [0.4, 0.5) is 0 Å². The minimum atomic E-state index is 0.794. The van der Waals surface area contributed by atoms with Crippen LogP contribution in [0.2, 0.25) is 0 Å². The van der Waals surface area contributed by atoms with E-state index in [2.05, 4.69) is 20.2 Å². The van der Waals surface area contributed by atoms with Gasteiger partial charge >= 0.3 is 0 Å². The number of nitrogens with zero attached hydrogens (tertiary/aromatic N) is 2. The summed E-state index contributed by atoms with van der Waals surface area (Å²) < 4.78 is 0. The topological polar surface area (TPSA) is 57.4 Å². The lowest BCUT2D eigenvalue weighted by Crippen LogP contribution is -1.80. The van der Waals surface area contributed by atoms with Crippen molar-refractivity contribution in [2.75, 3.05) is 0 Å². The lowest BCUT2D eigenvalue weighted by Gasteiger charge is -1.90. The van der Waals surface area contributed by atoms with E-state index in [1.54, 1.807) is 12.4 Å². The standard InChI is InChI=1S/C10H8N4/c1-2-4-8-7(3-1)9(14-13-8)10-11-5-6-12-10/h1-6H,(H,11,12)(H,13,14). The van der Waals surface area contributed by atoms with Crippen molar-refractivity contribution < 1.29 is 0 Å². The van der Waals surface area contributed by atoms with Gasteiger partial charge in [0.2, 0.25) is 0 Å². The van der Waals surface area contributed by atoms with E-state index in [0.717, 1.165) is 22.4 Å². The van der Waals surface area contributed by atoms with Crippen LogP contribution in [0, 0.1) is 0 Å². The van der Waals surface area contributed by atoms with Crippen molar-refractivity contribution in [3.8, 4) is 11.5 Å². The second kappa shape index (κ2) is 2.70. The molecule has 0 spiro atoms. The lowest BCUT2D eigenvalue weighted by molar-refractivity contribution is 1.10. The van der Waals surface area contributed by atoms with Crippen LogP contribution in [0.5, 0.6) is 0 Å². The Morgan fingerprint density at radius 2 is 2.07 bits per heavy atom. The van der Waals surface area contributed by atoms with Crippen molar-refractivity contribution in [2.45, 2.75) is 0 Å². The van der Waals surface area contributed by atoms with E-state index in [-0.39, 0.29) is 0 Å². The van der Waals surface area contributed by atoms with Crippen LogP contribution in [0.3, 0.4) is 0 Å². The third-order valence-corrected chi connectivity index (χ3v) is 2.19. The molecule has 0 saturated heterocycles. The van der Waals surface area contributed by atoms with Crippen molar-refractivity contribution in [3.63, 3.8) is 0 Å². The summed E-state index contributed by atoms with van der Waals surface area (Å²) in [5, 5.41) is 8.27. The van der Waals surface area contributed by atoms with Crippen LogP contribution in [0.15, 0.2) is 36.7 Å². The van der Waals surface area contributed by atoms with E-state index in [1.165, 1.54) is 0 Å². The number of H-pyrrole nitrogens is 2. The highest BCUT2D eigenvalue weighted by Crippen LogP contribution is 2.22. The second-order valence-electron chi connectivity index (χ2n) is 3.06. The molecule has 3 rings (SSSR count). The number of nitrogens with one attached hydrogen (secondary N) is 2. The Labute approximate surface area is 80.0 Å². The molecule has 0 bridgehead atoms. The Hall–Kier alpha value is -2.10. The first-order valence-corrected chi connectivity index (χ1v) is 4.38. The molecule has 0 aliphatic heterocycles. The molecule has 0 aliphatic carbocycles. The van der Waals surface area contributed by atoms with Crippen molar-refractivity contribution in [1.29, 1.82) is 0 Å². The van der Waals surface area contributed by atoms with Crippen molar-refractivity contribution in [3.05, 3.63) is 36.7 Å². The van der Waals surface area contributed by atoms with Crippen LogP contribution in [-0.4, -0.2) is 20.2 Å². The van der Waals surface area contributed by atoms with Crippen LogP contribution in [0.1, 0.15) is 0 Å². The van der Waals surface area contributed by atoms with E-state index in [0.29, 0.717) is 0 Å². The molecule has 0 aliphatic rings. The molecule has 0 saturated carbocycles. The summed E-state index contributed by atoms with van der Waals surface area (Å²) in [4.78, 5) is 7.21. The predicted molar refractivity (Wildman–Crippen MR) is 53.7 cm³/mol. The van der Waals surface area contributed by atoms with Crippen LogP contribution in [-0.2, 0) is 0 Å². The van der Waals surface area contributed by atoms with Gasteiger partial charge in [-0.3, -0.25) is 5.10 Å². The van der Waals surface area contributed by atoms with Gasteiger partial charge in [0.1, 0.15) is 5.69 Å². The largest absolute Gasteiger partial charge is 0.343 e. The zero-order valence-electron chi connectivity index (χ0n) is 7.36. The maximum absolute atomic E-state index is 4.22. The summed E-state index contributed by atoms with van der Waals surface area (Å²) >= 11 is 0. The van der Waals surface area contributed by atoms with Gasteiger partial charge in [-0.1, -0.05) is 18.2 Å². The molecule has 0 radical (unpaired) electrons. The molecule has 4 heteroatoms. The summed E-state index contributed by atoms with van der Waals surface area (Å²) in [7, 11) is 0. The fourth-order valence-electron chi connectivity index (χ4n) is 1.54. The Morgan fingerprint density at radius 3 is 2.93 bits per heavy atom. The number of hydrogen-bond acceptors (Lipinski definition) is 2. The van der Waals surface area contributed by atoms with Crippen LogP contribution in [0.25, 0.3) is 22.4 Å². The fraction of sp³-hybridized carbons (Fsp3) is 0. The summed E-state index contributed by atoms with van der Waals surface area (Å²) in [6.45, 7) is 0. The monoisotopic (exact) mass is 184 g/mol. The Bertz CT molecular complexity index is 550. The van der Waals surface area contributed by atoms with E-state index in [9.17, 15) is 0 Å². The number of para-hydroxylation sites is 1. The minimum Gasteiger partial charge on any atom is -0.343 e. The molecule has 1 aromatic carbocycles. The summed E-state index contributed by atoms with van der Waals surface area (Å²) in [6.07, 6.45) is 3.51. The molecule has 14 heavy (non-hydrogen) atoms. The zero-order chi connectivity index (χ0) is 9.38. The third-order valence-electron chi connectivity index (χ3n) is 2.19. The molecule has 0 unspecified atom stereocenters. The van der Waals surface area contributed by atoms with Crippen molar-refractivity contribution in [2.24, 2.45) is 0 Å². The highest BCUT2D eigenvalue weighted by molar-refractivity contribution is 5.90. The number of fused-ring (bicyclic) bond motifs is 1. The van der Waals surface area contributed by atoms with Crippen LogP contribution >= 0.6 is 0 Å². The number of aromatic nitrogens is 4. The maximum atomic E-state index is 4.22. The van der Waals surface area contributed by atoms with Gasteiger partial charge < -0.3 is 4.98 Å². The molecular formula is C10H8N4. The van der Waals surface area contributed by atoms with Gasteiger partial charge in [0.15, 0.2) is 5.82 Å². The Morgan fingerprint density at radius 1 is 1.14 bits per heavy atom. The zero-order valence-corrected chi connectivity index (χ0v) is 7.36. The molecular weight excluding hydrogens is 176 g/mol. The lowest BCUT2D eigenvalue weighted by atomic mass is 10.2. The van der Waals surface area contributed by atoms with Gasteiger partial charge in [-0.25, -0.2) is 4.98 Å². The van der Waals surface area contributed by atoms with E-state index in [1.807, 2.05) is 24.3 Å². The van der Waals surface area contributed by atoms with Gasteiger partial charge in [0, 0.05) is 17.8 Å². The first kappa shape index (κ1) is 7.32. The predicted octanol–water partition coefficient (Wildman–Crippen LogP) is 1.95. The first-order valence-electron chi connectivity index (χ1n) is 4.38. The number of benzene rings is 1. The molecule has 2 N–H and O–H groups in total. The maximum Gasteiger partial charge on any atom is 0.158 e. The van der Waals surface area contributed by atoms with Gasteiger partial charge in [0.05, 0.1) is 5.52 Å². The van der Waals surface area contributed by atoms with Gasteiger partial charge in [-0.2, -0.15) is 5.10 Å². The third kappa shape index (κ3) is 0.939. The quantitative estimate of drug-likeness (QED) is 0.607. The Balaban J connectivity index is 2.33. The fourth-order valence-corrected chi connectivity index (χ4v) is 1.54. The first-order chi connectivity index (χ1) is 6.95. The van der Waals surface area contributed by atoms with Gasteiger partial charge in [-0.05, 0) is 6.07 Å². The highest BCUT2D eigenvalue weighted by Gasteiger charge is 2.08.